The first-order valence-corrected chi connectivity index (χ1v) is 9.72. The van der Waals surface area contributed by atoms with Gasteiger partial charge in [0.2, 0.25) is 0 Å². The molecule has 1 heterocycles. The first kappa shape index (κ1) is 17.8. The maximum atomic E-state index is 12.2. The number of rotatable bonds is 4. The molecule has 1 aliphatic rings. The van der Waals surface area contributed by atoms with E-state index in [-0.39, 0.29) is 29.8 Å². The smallest absolute Gasteiger partial charge is 0.315 e. The fourth-order valence-corrected chi connectivity index (χ4v) is 4.69. The summed E-state index contributed by atoms with van der Waals surface area (Å²) in [5.41, 5.74) is 0.877. The van der Waals surface area contributed by atoms with Crippen molar-refractivity contribution < 1.29 is 13.2 Å². The van der Waals surface area contributed by atoms with E-state index in [0.717, 1.165) is 5.56 Å². The molecule has 1 aromatic carbocycles. The van der Waals surface area contributed by atoms with E-state index in [1.165, 1.54) is 0 Å². The number of urea groups is 1. The zero-order valence-corrected chi connectivity index (χ0v) is 14.8. The van der Waals surface area contributed by atoms with Crippen LogP contribution in [0.4, 0.5) is 4.79 Å². The topological polar surface area (TPSA) is 75.3 Å². The van der Waals surface area contributed by atoms with Crippen LogP contribution in [0.15, 0.2) is 30.3 Å². The van der Waals surface area contributed by atoms with Crippen molar-refractivity contribution in [3.63, 3.8) is 0 Å². The molecule has 1 aliphatic heterocycles. The van der Waals surface area contributed by atoms with Gasteiger partial charge in [-0.25, -0.2) is 13.2 Å². The van der Waals surface area contributed by atoms with Crippen LogP contribution in [-0.4, -0.2) is 32.0 Å². The Hall–Kier alpha value is -1.56. The molecule has 5 nitrogen and oxygen atoms in total. The molecular formula is C17H26N2O3S. The van der Waals surface area contributed by atoms with E-state index < -0.39 is 15.1 Å². The highest BCUT2D eigenvalue weighted by molar-refractivity contribution is 7.92. The molecule has 0 spiro atoms. The molecule has 1 saturated heterocycles. The van der Waals surface area contributed by atoms with Crippen LogP contribution in [-0.2, 0) is 9.84 Å². The van der Waals surface area contributed by atoms with Gasteiger partial charge in [-0.05, 0) is 23.8 Å². The molecule has 2 rings (SSSR count). The van der Waals surface area contributed by atoms with E-state index in [9.17, 15) is 13.2 Å². The Labute approximate surface area is 138 Å². The summed E-state index contributed by atoms with van der Waals surface area (Å²) in [6.45, 7) is 6.37. The number of nitrogens with one attached hydrogen (secondary N) is 2. The Balaban J connectivity index is 1.99. The summed E-state index contributed by atoms with van der Waals surface area (Å²) >= 11 is 0. The molecule has 1 aromatic rings. The van der Waals surface area contributed by atoms with E-state index in [2.05, 4.69) is 31.4 Å². The fourth-order valence-electron chi connectivity index (χ4n) is 2.92. The van der Waals surface area contributed by atoms with Crippen molar-refractivity contribution in [3.8, 4) is 0 Å². The fraction of sp³-hybridized carbons (Fsp3) is 0.588. The molecule has 0 aromatic heterocycles. The summed E-state index contributed by atoms with van der Waals surface area (Å²) < 4.78 is 23.6. The first-order chi connectivity index (χ1) is 10.7. The van der Waals surface area contributed by atoms with E-state index in [1.54, 1.807) is 0 Å². The van der Waals surface area contributed by atoms with Gasteiger partial charge in [0.15, 0.2) is 9.84 Å². The normalized spacial score (nSPS) is 21.6. The zero-order chi connectivity index (χ0) is 17.1. The van der Waals surface area contributed by atoms with Gasteiger partial charge in [0, 0.05) is 6.54 Å². The second-order valence-electron chi connectivity index (χ2n) is 7.20. The molecule has 0 saturated carbocycles. The first-order valence-electron chi connectivity index (χ1n) is 8.01. The van der Waals surface area contributed by atoms with Crippen molar-refractivity contribution in [2.75, 3.05) is 12.3 Å². The van der Waals surface area contributed by atoms with Crippen molar-refractivity contribution in [2.24, 2.45) is 5.41 Å². The molecule has 2 N–H and O–H groups in total. The van der Waals surface area contributed by atoms with Crippen LogP contribution < -0.4 is 10.6 Å². The average Bonchev–Trinajstić information content (AvgIpc) is 2.81. The van der Waals surface area contributed by atoms with Crippen molar-refractivity contribution in [1.82, 2.24) is 10.6 Å². The number of carbonyl (C=O) groups is 1. The van der Waals surface area contributed by atoms with Gasteiger partial charge < -0.3 is 10.6 Å². The van der Waals surface area contributed by atoms with Crippen LogP contribution in [0.3, 0.4) is 0 Å². The minimum atomic E-state index is -3.03. The zero-order valence-electron chi connectivity index (χ0n) is 14.0. The number of sulfone groups is 1. The third-order valence-electron chi connectivity index (χ3n) is 4.23. The van der Waals surface area contributed by atoms with Crippen molar-refractivity contribution in [2.45, 2.75) is 44.9 Å². The quantitative estimate of drug-likeness (QED) is 0.886. The Morgan fingerprint density at radius 3 is 2.43 bits per heavy atom. The van der Waals surface area contributed by atoms with Crippen LogP contribution in [0, 0.1) is 5.41 Å². The van der Waals surface area contributed by atoms with Gasteiger partial charge in [-0.2, -0.15) is 0 Å². The maximum Gasteiger partial charge on any atom is 0.315 e. The van der Waals surface area contributed by atoms with Crippen LogP contribution in [0.5, 0.6) is 0 Å². The minimum Gasteiger partial charge on any atom is -0.337 e. The Bertz CT molecular complexity index is 636. The summed E-state index contributed by atoms with van der Waals surface area (Å²) in [6, 6.07) is 9.32. The number of amides is 2. The average molecular weight is 338 g/mol. The Kier molecular flexibility index (Phi) is 5.34. The van der Waals surface area contributed by atoms with Gasteiger partial charge >= 0.3 is 6.03 Å². The van der Waals surface area contributed by atoms with E-state index in [4.69, 9.17) is 0 Å². The summed E-state index contributed by atoms with van der Waals surface area (Å²) in [4.78, 5) is 12.2. The van der Waals surface area contributed by atoms with Crippen molar-refractivity contribution in [3.05, 3.63) is 35.9 Å². The minimum absolute atomic E-state index is 0.149. The SMILES string of the molecule is CC(C)(C)C(NC(=O)NCC1CCCS1(=O)=O)c1ccccc1. The highest BCUT2D eigenvalue weighted by Crippen LogP contribution is 2.32. The summed E-state index contributed by atoms with van der Waals surface area (Å²) in [5.74, 6) is 0.232. The van der Waals surface area contributed by atoms with Gasteiger partial charge in [0.25, 0.3) is 0 Å². The van der Waals surface area contributed by atoms with E-state index >= 15 is 0 Å². The van der Waals surface area contributed by atoms with Gasteiger partial charge in [0.1, 0.15) is 0 Å². The third-order valence-corrected chi connectivity index (χ3v) is 6.50. The van der Waals surface area contributed by atoms with Gasteiger partial charge in [0.05, 0.1) is 17.0 Å². The molecule has 2 amide bonds. The van der Waals surface area contributed by atoms with Crippen LogP contribution >= 0.6 is 0 Å². The maximum absolute atomic E-state index is 12.2. The molecule has 0 bridgehead atoms. The molecule has 0 radical (unpaired) electrons. The molecule has 2 unspecified atom stereocenters. The second-order valence-corrected chi connectivity index (χ2v) is 9.60. The molecule has 23 heavy (non-hydrogen) atoms. The number of benzene rings is 1. The predicted octanol–water partition coefficient (Wildman–Crippen LogP) is 2.65. The Morgan fingerprint density at radius 2 is 1.91 bits per heavy atom. The van der Waals surface area contributed by atoms with E-state index in [1.807, 2.05) is 30.3 Å². The lowest BCUT2D eigenvalue weighted by Gasteiger charge is -2.32. The van der Waals surface area contributed by atoms with E-state index in [0.29, 0.717) is 12.8 Å². The molecule has 2 atom stereocenters. The Morgan fingerprint density at radius 1 is 1.26 bits per heavy atom. The monoisotopic (exact) mass is 338 g/mol. The number of hydrogen-bond acceptors (Lipinski definition) is 3. The van der Waals surface area contributed by atoms with Crippen LogP contribution in [0.2, 0.25) is 0 Å². The lowest BCUT2D eigenvalue weighted by molar-refractivity contribution is 0.218. The van der Waals surface area contributed by atoms with Crippen LogP contribution in [0.25, 0.3) is 0 Å². The third kappa shape index (κ3) is 4.70. The van der Waals surface area contributed by atoms with Crippen LogP contribution in [0.1, 0.15) is 45.2 Å². The highest BCUT2D eigenvalue weighted by atomic mass is 32.2. The number of carbonyl (C=O) groups excluding carboxylic acids is 1. The van der Waals surface area contributed by atoms with Gasteiger partial charge in [-0.15, -0.1) is 0 Å². The lowest BCUT2D eigenvalue weighted by atomic mass is 9.82. The molecule has 1 fully saturated rings. The van der Waals surface area contributed by atoms with Gasteiger partial charge in [-0.3, -0.25) is 0 Å². The summed E-state index contributed by atoms with van der Waals surface area (Å²) in [7, 11) is -3.03. The summed E-state index contributed by atoms with van der Waals surface area (Å²) in [5, 5.41) is 5.26. The summed E-state index contributed by atoms with van der Waals surface area (Å²) in [6.07, 6.45) is 1.31. The predicted molar refractivity (Wildman–Crippen MR) is 92.0 cm³/mol. The molecule has 0 aliphatic carbocycles. The van der Waals surface area contributed by atoms with Gasteiger partial charge in [-0.1, -0.05) is 51.1 Å². The van der Waals surface area contributed by atoms with Crippen molar-refractivity contribution in [1.29, 1.82) is 0 Å². The molecule has 6 heteroatoms. The lowest BCUT2D eigenvalue weighted by Crippen LogP contribution is -2.45. The largest absolute Gasteiger partial charge is 0.337 e. The standard InChI is InChI=1S/C17H26N2O3S/c1-17(2,3)15(13-8-5-4-6-9-13)19-16(20)18-12-14-10-7-11-23(14,21)22/h4-6,8-9,14-15H,7,10-12H2,1-3H3,(H2,18,19,20). The number of hydrogen-bond donors (Lipinski definition) is 2. The van der Waals surface area contributed by atoms with Crippen molar-refractivity contribution >= 4 is 15.9 Å². The highest BCUT2D eigenvalue weighted by Gasteiger charge is 2.32. The molecule has 128 valence electrons. The second kappa shape index (κ2) is 6.91. The molecular weight excluding hydrogens is 312 g/mol.